The third-order valence-corrected chi connectivity index (χ3v) is 4.15. The molecule has 0 aliphatic rings. The van der Waals surface area contributed by atoms with Gasteiger partial charge in [-0.1, -0.05) is 13.3 Å². The van der Waals surface area contributed by atoms with Gasteiger partial charge in [0.2, 0.25) is 5.28 Å². The Labute approximate surface area is 121 Å². The van der Waals surface area contributed by atoms with E-state index in [4.69, 9.17) is 16.7 Å². The number of aliphatic hydroxyl groups is 1. The molecule has 0 aliphatic carbocycles. The number of nitrogens with one attached hydrogen (secondary N) is 1. The highest BCUT2D eigenvalue weighted by Gasteiger charge is 2.11. The molecule has 2 rings (SSSR count). The second-order valence-corrected chi connectivity index (χ2v) is 5.78. The lowest BCUT2D eigenvalue weighted by atomic mass is 10.0. The van der Waals surface area contributed by atoms with Gasteiger partial charge < -0.3 is 10.4 Å². The summed E-state index contributed by atoms with van der Waals surface area (Å²) >= 11 is 7.53. The maximum absolute atomic E-state index is 9.07. The Morgan fingerprint density at radius 3 is 3.00 bits per heavy atom. The fourth-order valence-corrected chi connectivity index (χ4v) is 3.11. The van der Waals surface area contributed by atoms with Crippen LogP contribution in [0.1, 0.15) is 26.2 Å². The van der Waals surface area contributed by atoms with Crippen LogP contribution >= 0.6 is 22.9 Å². The summed E-state index contributed by atoms with van der Waals surface area (Å²) in [7, 11) is 0. The maximum Gasteiger partial charge on any atom is 0.224 e. The molecule has 0 amide bonds. The number of halogens is 1. The number of hydrogen-bond acceptors (Lipinski definition) is 5. The molecule has 2 heterocycles. The van der Waals surface area contributed by atoms with Crippen molar-refractivity contribution in [2.75, 3.05) is 18.5 Å². The highest BCUT2D eigenvalue weighted by atomic mass is 35.5. The van der Waals surface area contributed by atoms with E-state index in [9.17, 15) is 0 Å². The van der Waals surface area contributed by atoms with Crippen LogP contribution in [0.15, 0.2) is 11.4 Å². The van der Waals surface area contributed by atoms with Crippen molar-refractivity contribution in [3.05, 3.63) is 16.7 Å². The summed E-state index contributed by atoms with van der Waals surface area (Å²) in [4.78, 5) is 8.44. The molecule has 104 valence electrons. The fourth-order valence-electron chi connectivity index (χ4n) is 2.14. The van der Waals surface area contributed by atoms with Crippen molar-refractivity contribution in [2.24, 2.45) is 5.92 Å². The number of fused-ring (bicyclic) bond motifs is 1. The summed E-state index contributed by atoms with van der Waals surface area (Å²) in [5, 5.41) is 14.7. The van der Waals surface area contributed by atoms with Crippen molar-refractivity contribution in [2.45, 2.75) is 26.2 Å². The van der Waals surface area contributed by atoms with Crippen LogP contribution in [0.3, 0.4) is 0 Å². The summed E-state index contributed by atoms with van der Waals surface area (Å²) < 4.78 is 1.03. The number of rotatable bonds is 7. The van der Waals surface area contributed by atoms with Gasteiger partial charge in [0.1, 0.15) is 5.82 Å². The molecule has 1 atom stereocenters. The van der Waals surface area contributed by atoms with Gasteiger partial charge in [-0.25, -0.2) is 4.98 Å². The maximum atomic E-state index is 9.07. The predicted molar refractivity (Wildman–Crippen MR) is 81.0 cm³/mol. The van der Waals surface area contributed by atoms with Crippen LogP contribution in [0.4, 0.5) is 5.82 Å². The molecule has 0 aromatic carbocycles. The molecule has 2 N–H and O–H groups in total. The van der Waals surface area contributed by atoms with Gasteiger partial charge in [-0.2, -0.15) is 4.98 Å². The van der Waals surface area contributed by atoms with E-state index in [2.05, 4.69) is 22.2 Å². The van der Waals surface area contributed by atoms with Crippen LogP contribution in [-0.2, 0) is 0 Å². The van der Waals surface area contributed by atoms with Crippen molar-refractivity contribution < 1.29 is 5.11 Å². The molecule has 6 heteroatoms. The van der Waals surface area contributed by atoms with Crippen LogP contribution in [0.5, 0.6) is 0 Å². The van der Waals surface area contributed by atoms with E-state index in [1.165, 1.54) is 0 Å². The predicted octanol–water partition coefficient (Wildman–Crippen LogP) is 3.56. The van der Waals surface area contributed by atoms with E-state index >= 15 is 0 Å². The Hall–Kier alpha value is -0.910. The van der Waals surface area contributed by atoms with Crippen LogP contribution in [0, 0.1) is 5.92 Å². The molecule has 0 radical (unpaired) electrons. The van der Waals surface area contributed by atoms with Crippen molar-refractivity contribution in [1.82, 2.24) is 9.97 Å². The summed E-state index contributed by atoms with van der Waals surface area (Å²) in [5.74, 6) is 1.25. The zero-order valence-corrected chi connectivity index (χ0v) is 12.5. The lowest BCUT2D eigenvalue weighted by molar-refractivity contribution is 0.255. The lowest BCUT2D eigenvalue weighted by Gasteiger charge is -2.16. The smallest absolute Gasteiger partial charge is 0.224 e. The summed E-state index contributed by atoms with van der Waals surface area (Å²) in [6.07, 6.45) is 3.03. The summed E-state index contributed by atoms with van der Waals surface area (Å²) in [6, 6.07) is 1.94. The normalized spacial score (nSPS) is 12.8. The first kappa shape index (κ1) is 14.5. The van der Waals surface area contributed by atoms with Gasteiger partial charge in [0.15, 0.2) is 0 Å². The highest BCUT2D eigenvalue weighted by Crippen LogP contribution is 2.27. The molecule has 0 bridgehead atoms. The van der Waals surface area contributed by atoms with E-state index in [-0.39, 0.29) is 11.9 Å². The minimum absolute atomic E-state index is 0.227. The van der Waals surface area contributed by atoms with Gasteiger partial charge in [-0.3, -0.25) is 0 Å². The van der Waals surface area contributed by atoms with E-state index in [0.717, 1.165) is 41.8 Å². The van der Waals surface area contributed by atoms with Crippen molar-refractivity contribution in [3.8, 4) is 0 Å². The molecule has 0 spiro atoms. The number of nitrogens with zero attached hydrogens (tertiary/aromatic N) is 2. The first-order valence-electron chi connectivity index (χ1n) is 6.50. The third-order valence-electron chi connectivity index (χ3n) is 3.07. The molecule has 4 nitrogen and oxygen atoms in total. The highest BCUT2D eigenvalue weighted by molar-refractivity contribution is 7.17. The van der Waals surface area contributed by atoms with Crippen LogP contribution < -0.4 is 5.32 Å². The third kappa shape index (κ3) is 3.78. The number of thiophene rings is 1. The molecule has 0 saturated carbocycles. The first-order valence-corrected chi connectivity index (χ1v) is 7.75. The van der Waals surface area contributed by atoms with Gasteiger partial charge in [0.25, 0.3) is 0 Å². The molecule has 1 unspecified atom stereocenters. The minimum Gasteiger partial charge on any atom is -0.396 e. The number of anilines is 1. The monoisotopic (exact) mass is 299 g/mol. The van der Waals surface area contributed by atoms with Gasteiger partial charge in [-0.05, 0) is 41.8 Å². The van der Waals surface area contributed by atoms with E-state index in [1.807, 2.05) is 11.4 Å². The Bertz CT molecular complexity index is 526. The Balaban J connectivity index is 2.09. The summed E-state index contributed by atoms with van der Waals surface area (Å²) in [6.45, 7) is 3.18. The van der Waals surface area contributed by atoms with Crippen molar-refractivity contribution >= 4 is 39.0 Å². The van der Waals surface area contributed by atoms with Gasteiger partial charge in [-0.15, -0.1) is 11.3 Å². The quantitative estimate of drug-likeness (QED) is 0.768. The second kappa shape index (κ2) is 7.03. The lowest BCUT2D eigenvalue weighted by Crippen LogP contribution is -2.16. The largest absolute Gasteiger partial charge is 0.396 e. The summed E-state index contributed by atoms with van der Waals surface area (Å²) in [5.41, 5.74) is 0.877. The van der Waals surface area contributed by atoms with Crippen molar-refractivity contribution in [3.63, 3.8) is 0 Å². The Morgan fingerprint density at radius 1 is 1.42 bits per heavy atom. The SMILES string of the molecule is CCCC(CCO)CNc1nc(Cl)nc2ccsc12. The van der Waals surface area contributed by atoms with Crippen LogP contribution in [-0.4, -0.2) is 28.2 Å². The van der Waals surface area contributed by atoms with E-state index < -0.39 is 0 Å². The molecule has 0 aliphatic heterocycles. The Morgan fingerprint density at radius 2 is 2.26 bits per heavy atom. The zero-order valence-electron chi connectivity index (χ0n) is 10.9. The molecule has 0 fully saturated rings. The Kier molecular flexibility index (Phi) is 5.36. The second-order valence-electron chi connectivity index (χ2n) is 4.52. The van der Waals surface area contributed by atoms with Crippen molar-refractivity contribution in [1.29, 1.82) is 0 Å². The molecule has 0 saturated heterocycles. The molecular weight excluding hydrogens is 282 g/mol. The van der Waals surface area contributed by atoms with Gasteiger partial charge >= 0.3 is 0 Å². The number of aromatic nitrogens is 2. The molecule has 2 aromatic heterocycles. The molecule has 19 heavy (non-hydrogen) atoms. The zero-order chi connectivity index (χ0) is 13.7. The van der Waals surface area contributed by atoms with E-state index in [1.54, 1.807) is 11.3 Å². The molecule has 2 aromatic rings. The molecular formula is C13H18ClN3OS. The number of hydrogen-bond donors (Lipinski definition) is 2. The van der Waals surface area contributed by atoms with Gasteiger partial charge in [0.05, 0.1) is 10.2 Å². The standard InChI is InChI=1S/C13H18ClN3OS/c1-2-3-9(4-6-18)8-15-12-11-10(5-7-19-11)16-13(14)17-12/h5,7,9,18H,2-4,6,8H2,1H3,(H,15,16,17). The topological polar surface area (TPSA) is 58.0 Å². The van der Waals surface area contributed by atoms with Crippen LogP contribution in [0.25, 0.3) is 10.2 Å². The number of aliphatic hydroxyl groups excluding tert-OH is 1. The van der Waals surface area contributed by atoms with Gasteiger partial charge in [0, 0.05) is 13.2 Å². The fraction of sp³-hybridized carbons (Fsp3) is 0.538. The van der Waals surface area contributed by atoms with E-state index in [0.29, 0.717) is 5.92 Å². The average Bonchev–Trinajstić information content (AvgIpc) is 2.84. The first-order chi connectivity index (χ1) is 9.24. The average molecular weight is 300 g/mol. The van der Waals surface area contributed by atoms with Crippen LogP contribution in [0.2, 0.25) is 5.28 Å². The minimum atomic E-state index is 0.227.